The fourth-order valence-electron chi connectivity index (χ4n) is 1.48. The normalized spacial score (nSPS) is 10.4. The fraction of sp³-hybridized carbons (Fsp3) is 0.231. The molecule has 0 aliphatic carbocycles. The molecule has 0 unspecified atom stereocenters. The van der Waals surface area contributed by atoms with Crippen LogP contribution >= 0.6 is 0 Å². The van der Waals surface area contributed by atoms with E-state index in [9.17, 15) is 0 Å². The first-order chi connectivity index (χ1) is 8.38. The average molecular weight is 229 g/mol. The largest absolute Gasteiger partial charge is 0.370 e. The van der Waals surface area contributed by atoms with Gasteiger partial charge in [-0.05, 0) is 11.6 Å². The minimum Gasteiger partial charge on any atom is -0.370 e. The van der Waals surface area contributed by atoms with E-state index in [1.165, 1.54) is 6.33 Å². The number of hydrogen-bond acceptors (Lipinski definition) is 4. The van der Waals surface area contributed by atoms with Crippen molar-refractivity contribution >= 4 is 0 Å². The van der Waals surface area contributed by atoms with E-state index in [2.05, 4.69) is 9.97 Å². The zero-order valence-corrected chi connectivity index (χ0v) is 9.54. The molecule has 17 heavy (non-hydrogen) atoms. The molecule has 1 aromatic carbocycles. The Labute approximate surface area is 100 Å². The zero-order chi connectivity index (χ0) is 11.9. The molecule has 0 atom stereocenters. The van der Waals surface area contributed by atoms with Crippen LogP contribution in [0.25, 0.3) is 0 Å². The molecule has 4 nitrogen and oxygen atoms in total. The maximum atomic E-state index is 5.57. The third-order valence-corrected chi connectivity index (χ3v) is 2.35. The second-order valence-corrected chi connectivity index (χ2v) is 3.68. The van der Waals surface area contributed by atoms with Crippen molar-refractivity contribution in [1.29, 1.82) is 0 Å². The van der Waals surface area contributed by atoms with Gasteiger partial charge in [0.15, 0.2) is 0 Å². The predicted octanol–water partition coefficient (Wildman–Crippen LogP) is 1.65. The van der Waals surface area contributed by atoms with Gasteiger partial charge in [-0.2, -0.15) is 0 Å². The number of aromatic nitrogens is 2. The predicted molar refractivity (Wildman–Crippen MR) is 64.9 cm³/mol. The summed E-state index contributed by atoms with van der Waals surface area (Å²) in [4.78, 5) is 8.16. The van der Waals surface area contributed by atoms with E-state index in [1.807, 2.05) is 36.4 Å². The molecule has 0 bridgehead atoms. The maximum absolute atomic E-state index is 5.57. The molecule has 0 saturated carbocycles. The summed E-state index contributed by atoms with van der Waals surface area (Å²) < 4.78 is 5.57. The lowest BCUT2D eigenvalue weighted by molar-refractivity contribution is 0.104. The lowest BCUT2D eigenvalue weighted by Gasteiger charge is -2.04. The second-order valence-electron chi connectivity index (χ2n) is 3.68. The van der Waals surface area contributed by atoms with E-state index in [0.29, 0.717) is 19.8 Å². The van der Waals surface area contributed by atoms with Gasteiger partial charge >= 0.3 is 0 Å². The average Bonchev–Trinajstić information content (AvgIpc) is 2.40. The molecular formula is C13H15N3O. The Hall–Kier alpha value is -1.78. The second kappa shape index (κ2) is 6.08. The van der Waals surface area contributed by atoms with Gasteiger partial charge in [-0.1, -0.05) is 30.3 Å². The molecule has 1 aromatic heterocycles. The number of ether oxygens (including phenoxy) is 1. The molecule has 2 N–H and O–H groups in total. The molecule has 0 aliphatic heterocycles. The Morgan fingerprint density at radius 3 is 2.53 bits per heavy atom. The van der Waals surface area contributed by atoms with Crippen LogP contribution in [-0.2, 0) is 24.5 Å². The molecule has 0 radical (unpaired) electrons. The van der Waals surface area contributed by atoms with Gasteiger partial charge in [0.25, 0.3) is 0 Å². The minimum absolute atomic E-state index is 0.425. The van der Waals surface area contributed by atoms with Crippen LogP contribution in [0.15, 0.2) is 42.7 Å². The van der Waals surface area contributed by atoms with Crippen LogP contribution in [0, 0.1) is 0 Å². The Kier molecular flexibility index (Phi) is 4.18. The molecule has 0 amide bonds. The highest BCUT2D eigenvalue weighted by Crippen LogP contribution is 2.04. The topological polar surface area (TPSA) is 61.0 Å². The van der Waals surface area contributed by atoms with Crippen LogP contribution in [-0.4, -0.2) is 9.97 Å². The molecule has 0 fully saturated rings. The van der Waals surface area contributed by atoms with Gasteiger partial charge in [-0.25, -0.2) is 9.97 Å². The van der Waals surface area contributed by atoms with Crippen molar-refractivity contribution in [2.75, 3.05) is 0 Å². The number of rotatable bonds is 5. The zero-order valence-electron chi connectivity index (χ0n) is 9.54. The van der Waals surface area contributed by atoms with Crippen molar-refractivity contribution in [3.8, 4) is 0 Å². The molecule has 0 saturated heterocycles. The standard InChI is InChI=1S/C13H15N3O/c14-7-12-6-13(16-10-15-12)9-17-8-11-4-2-1-3-5-11/h1-6,10H,7-9,14H2. The highest BCUT2D eigenvalue weighted by atomic mass is 16.5. The molecular weight excluding hydrogens is 214 g/mol. The van der Waals surface area contributed by atoms with Crippen molar-refractivity contribution in [3.05, 3.63) is 59.7 Å². The van der Waals surface area contributed by atoms with E-state index < -0.39 is 0 Å². The lowest BCUT2D eigenvalue weighted by atomic mass is 10.2. The number of nitrogens with two attached hydrogens (primary N) is 1. The van der Waals surface area contributed by atoms with Gasteiger partial charge < -0.3 is 10.5 Å². The minimum atomic E-state index is 0.425. The first-order valence-corrected chi connectivity index (χ1v) is 5.50. The van der Waals surface area contributed by atoms with Crippen LogP contribution in [0.4, 0.5) is 0 Å². The maximum Gasteiger partial charge on any atom is 0.116 e. The first kappa shape index (κ1) is 11.7. The Bertz CT molecular complexity index is 459. The molecule has 0 spiro atoms. The van der Waals surface area contributed by atoms with E-state index in [0.717, 1.165) is 17.0 Å². The van der Waals surface area contributed by atoms with Crippen LogP contribution in [0.1, 0.15) is 17.0 Å². The third-order valence-electron chi connectivity index (χ3n) is 2.35. The molecule has 4 heteroatoms. The van der Waals surface area contributed by atoms with E-state index >= 15 is 0 Å². The summed E-state index contributed by atoms with van der Waals surface area (Å²) in [5.74, 6) is 0. The van der Waals surface area contributed by atoms with Crippen molar-refractivity contribution in [2.45, 2.75) is 19.8 Å². The summed E-state index contributed by atoms with van der Waals surface area (Å²) in [7, 11) is 0. The first-order valence-electron chi connectivity index (χ1n) is 5.50. The fourth-order valence-corrected chi connectivity index (χ4v) is 1.48. The summed E-state index contributed by atoms with van der Waals surface area (Å²) in [6.45, 7) is 1.49. The van der Waals surface area contributed by atoms with Crippen LogP contribution in [0.5, 0.6) is 0 Å². The number of hydrogen-bond donors (Lipinski definition) is 1. The van der Waals surface area contributed by atoms with E-state index in [4.69, 9.17) is 10.5 Å². The van der Waals surface area contributed by atoms with Crippen molar-refractivity contribution in [3.63, 3.8) is 0 Å². The molecule has 2 aromatic rings. The van der Waals surface area contributed by atoms with Crippen LogP contribution in [0.2, 0.25) is 0 Å². The van der Waals surface area contributed by atoms with Gasteiger partial charge in [-0.3, -0.25) is 0 Å². The van der Waals surface area contributed by atoms with Crippen LogP contribution in [0.3, 0.4) is 0 Å². The lowest BCUT2D eigenvalue weighted by Crippen LogP contribution is -2.03. The molecule has 0 aliphatic rings. The van der Waals surface area contributed by atoms with Gasteiger partial charge in [-0.15, -0.1) is 0 Å². The molecule has 88 valence electrons. The van der Waals surface area contributed by atoms with Crippen molar-refractivity contribution in [1.82, 2.24) is 9.97 Å². The van der Waals surface area contributed by atoms with Gasteiger partial charge in [0, 0.05) is 6.54 Å². The summed E-state index contributed by atoms with van der Waals surface area (Å²) in [6, 6.07) is 11.9. The summed E-state index contributed by atoms with van der Waals surface area (Å²) >= 11 is 0. The summed E-state index contributed by atoms with van der Waals surface area (Å²) in [5.41, 5.74) is 8.35. The van der Waals surface area contributed by atoms with Crippen molar-refractivity contribution in [2.24, 2.45) is 5.73 Å². The Morgan fingerprint density at radius 1 is 1.00 bits per heavy atom. The molecule has 1 heterocycles. The monoisotopic (exact) mass is 229 g/mol. The van der Waals surface area contributed by atoms with Gasteiger partial charge in [0.1, 0.15) is 6.33 Å². The summed E-state index contributed by atoms with van der Waals surface area (Å²) in [6.07, 6.45) is 1.52. The number of benzene rings is 1. The Morgan fingerprint density at radius 2 is 1.76 bits per heavy atom. The quantitative estimate of drug-likeness (QED) is 0.846. The molecule has 2 rings (SSSR count). The Balaban J connectivity index is 1.86. The van der Waals surface area contributed by atoms with Gasteiger partial charge in [0.2, 0.25) is 0 Å². The third kappa shape index (κ3) is 3.62. The SMILES string of the molecule is NCc1cc(COCc2ccccc2)ncn1. The van der Waals surface area contributed by atoms with E-state index in [1.54, 1.807) is 0 Å². The highest BCUT2D eigenvalue weighted by Gasteiger charge is 1.98. The van der Waals surface area contributed by atoms with Gasteiger partial charge in [0.05, 0.1) is 24.6 Å². The van der Waals surface area contributed by atoms with E-state index in [-0.39, 0.29) is 0 Å². The number of nitrogens with zero attached hydrogens (tertiary/aromatic N) is 2. The van der Waals surface area contributed by atoms with Crippen molar-refractivity contribution < 1.29 is 4.74 Å². The van der Waals surface area contributed by atoms with Crippen LogP contribution < -0.4 is 5.73 Å². The summed E-state index contributed by atoms with van der Waals surface area (Å²) in [5, 5.41) is 0. The smallest absolute Gasteiger partial charge is 0.116 e. The highest BCUT2D eigenvalue weighted by molar-refractivity contribution is 5.13.